The maximum Gasteiger partial charge on any atom is 0.124 e. The van der Waals surface area contributed by atoms with Crippen LogP contribution in [0.5, 0.6) is 0 Å². The molecule has 0 radical (unpaired) electrons. The number of nitrogens with zero attached hydrogens (tertiary/aromatic N) is 2. The molecule has 76 valence electrons. The maximum atomic E-state index is 5.59. The van der Waals surface area contributed by atoms with Gasteiger partial charge in [0.15, 0.2) is 0 Å². The van der Waals surface area contributed by atoms with E-state index in [1.165, 1.54) is 0 Å². The van der Waals surface area contributed by atoms with Gasteiger partial charge in [0.25, 0.3) is 0 Å². The Morgan fingerprint density at radius 3 is 2.71 bits per heavy atom. The topological polar surface area (TPSA) is 42.2 Å². The number of aromatic nitrogens is 1. The van der Waals surface area contributed by atoms with Gasteiger partial charge in [0.2, 0.25) is 0 Å². The highest BCUT2D eigenvalue weighted by Gasteiger charge is 2.12. The first kappa shape index (κ1) is 10.9. The second-order valence-electron chi connectivity index (χ2n) is 3.44. The lowest BCUT2D eigenvalue weighted by atomic mass is 10.2. The molecule has 0 fully saturated rings. The minimum absolute atomic E-state index is 0.341. The van der Waals surface area contributed by atoms with Crippen LogP contribution in [0.1, 0.15) is 19.5 Å². The van der Waals surface area contributed by atoms with Gasteiger partial charge in [-0.15, -0.1) is 0 Å². The van der Waals surface area contributed by atoms with Gasteiger partial charge in [-0.05, 0) is 26.0 Å². The molecule has 1 rings (SSSR count). The molecule has 3 nitrogen and oxygen atoms in total. The molecule has 0 spiro atoms. The van der Waals surface area contributed by atoms with Crippen molar-refractivity contribution in [2.45, 2.75) is 19.9 Å². The van der Waals surface area contributed by atoms with E-state index in [4.69, 9.17) is 18.0 Å². The van der Waals surface area contributed by atoms with Crippen LogP contribution in [-0.4, -0.2) is 23.1 Å². The second kappa shape index (κ2) is 4.37. The molecule has 0 saturated heterocycles. The normalized spacial score (nSPS) is 10.3. The second-order valence-corrected chi connectivity index (χ2v) is 3.88. The Hall–Kier alpha value is -1.16. The molecule has 1 aromatic heterocycles. The quantitative estimate of drug-likeness (QED) is 0.767. The van der Waals surface area contributed by atoms with Gasteiger partial charge < -0.3 is 10.6 Å². The molecule has 0 amide bonds. The fraction of sp³-hybridized carbons (Fsp3) is 0.400. The van der Waals surface area contributed by atoms with Gasteiger partial charge >= 0.3 is 0 Å². The Morgan fingerprint density at radius 1 is 1.57 bits per heavy atom. The number of anilines is 1. The molecule has 0 unspecified atom stereocenters. The summed E-state index contributed by atoms with van der Waals surface area (Å²) in [6.07, 6.45) is 1.70. The van der Waals surface area contributed by atoms with Gasteiger partial charge in [0.1, 0.15) is 10.7 Å². The Bertz CT molecular complexity index is 336. The largest absolute Gasteiger partial charge is 0.388 e. The van der Waals surface area contributed by atoms with Crippen molar-refractivity contribution in [3.8, 4) is 0 Å². The summed E-state index contributed by atoms with van der Waals surface area (Å²) in [5.41, 5.74) is 7.27. The van der Waals surface area contributed by atoms with E-state index in [9.17, 15) is 0 Å². The summed E-state index contributed by atoms with van der Waals surface area (Å²) in [6, 6.07) is 4.25. The van der Waals surface area contributed by atoms with Gasteiger partial charge in [0, 0.05) is 19.3 Å². The molecule has 2 N–H and O–H groups in total. The van der Waals surface area contributed by atoms with E-state index in [-0.39, 0.29) is 0 Å². The van der Waals surface area contributed by atoms with Crippen LogP contribution in [0.2, 0.25) is 0 Å². The molecular weight excluding hydrogens is 194 g/mol. The standard InChI is InChI=1S/C10H15N3S/c1-7(2)13(3)8-5-4-6-12-9(8)10(11)14/h4-7H,1-3H3,(H2,11,14). The summed E-state index contributed by atoms with van der Waals surface area (Å²) in [6.45, 7) is 4.21. The van der Waals surface area contributed by atoms with E-state index in [1.54, 1.807) is 6.20 Å². The Kier molecular flexibility index (Phi) is 3.41. The number of thiocarbonyl (C=S) groups is 1. The van der Waals surface area contributed by atoms with Crippen LogP contribution in [0.15, 0.2) is 18.3 Å². The van der Waals surface area contributed by atoms with E-state index in [1.807, 2.05) is 19.2 Å². The molecule has 0 saturated carbocycles. The average Bonchev–Trinajstić information content (AvgIpc) is 2.16. The minimum atomic E-state index is 0.341. The molecule has 0 aliphatic rings. The molecule has 0 bridgehead atoms. The van der Waals surface area contributed by atoms with Crippen LogP contribution in [-0.2, 0) is 0 Å². The van der Waals surface area contributed by atoms with Crippen LogP contribution in [0.4, 0.5) is 5.69 Å². The van der Waals surface area contributed by atoms with Crippen molar-refractivity contribution in [3.63, 3.8) is 0 Å². The molecule has 0 aromatic carbocycles. The van der Waals surface area contributed by atoms with Crippen molar-refractivity contribution in [2.75, 3.05) is 11.9 Å². The Balaban J connectivity index is 3.13. The highest BCUT2D eigenvalue weighted by molar-refractivity contribution is 7.80. The van der Waals surface area contributed by atoms with Crippen molar-refractivity contribution >= 4 is 22.9 Å². The maximum absolute atomic E-state index is 5.59. The summed E-state index contributed by atoms with van der Waals surface area (Å²) in [4.78, 5) is 6.61. The molecule has 1 aromatic rings. The minimum Gasteiger partial charge on any atom is -0.388 e. The van der Waals surface area contributed by atoms with Gasteiger partial charge in [-0.2, -0.15) is 0 Å². The van der Waals surface area contributed by atoms with E-state index >= 15 is 0 Å². The van der Waals surface area contributed by atoms with Crippen molar-refractivity contribution in [1.82, 2.24) is 4.98 Å². The van der Waals surface area contributed by atoms with Gasteiger partial charge in [0.05, 0.1) is 5.69 Å². The molecule has 14 heavy (non-hydrogen) atoms. The lowest BCUT2D eigenvalue weighted by Crippen LogP contribution is -2.28. The Morgan fingerprint density at radius 2 is 2.21 bits per heavy atom. The summed E-state index contributed by atoms with van der Waals surface area (Å²) < 4.78 is 0. The number of hydrogen-bond donors (Lipinski definition) is 1. The van der Waals surface area contributed by atoms with E-state index < -0.39 is 0 Å². The van der Waals surface area contributed by atoms with Crippen LogP contribution in [0, 0.1) is 0 Å². The van der Waals surface area contributed by atoms with Gasteiger partial charge in [-0.1, -0.05) is 12.2 Å². The van der Waals surface area contributed by atoms with E-state index in [0.29, 0.717) is 16.7 Å². The van der Waals surface area contributed by atoms with Crippen molar-refractivity contribution in [3.05, 3.63) is 24.0 Å². The number of nitrogens with two attached hydrogens (primary N) is 1. The third kappa shape index (κ3) is 2.20. The highest BCUT2D eigenvalue weighted by Crippen LogP contribution is 2.18. The molecular formula is C10H15N3S. The first-order valence-corrected chi connectivity index (χ1v) is 4.92. The third-order valence-corrected chi connectivity index (χ3v) is 2.37. The van der Waals surface area contributed by atoms with Gasteiger partial charge in [-0.25, -0.2) is 0 Å². The van der Waals surface area contributed by atoms with Crippen LogP contribution in [0.25, 0.3) is 0 Å². The molecule has 0 aliphatic heterocycles. The van der Waals surface area contributed by atoms with E-state index in [2.05, 4.69) is 23.7 Å². The average molecular weight is 209 g/mol. The van der Waals surface area contributed by atoms with Crippen molar-refractivity contribution in [2.24, 2.45) is 5.73 Å². The lowest BCUT2D eigenvalue weighted by Gasteiger charge is -2.25. The van der Waals surface area contributed by atoms with Crippen LogP contribution < -0.4 is 10.6 Å². The molecule has 4 heteroatoms. The first-order chi connectivity index (χ1) is 6.54. The van der Waals surface area contributed by atoms with Crippen LogP contribution >= 0.6 is 12.2 Å². The molecule has 0 atom stereocenters. The first-order valence-electron chi connectivity index (χ1n) is 4.51. The predicted molar refractivity (Wildman–Crippen MR) is 63.7 cm³/mol. The fourth-order valence-corrected chi connectivity index (χ4v) is 1.31. The molecule has 0 aliphatic carbocycles. The van der Waals surface area contributed by atoms with Gasteiger partial charge in [-0.3, -0.25) is 4.98 Å². The summed E-state index contributed by atoms with van der Waals surface area (Å²) in [7, 11) is 2.00. The monoisotopic (exact) mass is 209 g/mol. The smallest absolute Gasteiger partial charge is 0.124 e. The van der Waals surface area contributed by atoms with Crippen molar-refractivity contribution in [1.29, 1.82) is 0 Å². The summed E-state index contributed by atoms with van der Waals surface area (Å²) in [5.74, 6) is 0. The lowest BCUT2D eigenvalue weighted by molar-refractivity contribution is 0.752. The van der Waals surface area contributed by atoms with Crippen molar-refractivity contribution < 1.29 is 0 Å². The summed E-state index contributed by atoms with van der Waals surface area (Å²) in [5, 5.41) is 0. The van der Waals surface area contributed by atoms with Crippen LogP contribution in [0.3, 0.4) is 0 Å². The van der Waals surface area contributed by atoms with E-state index in [0.717, 1.165) is 5.69 Å². The predicted octanol–water partition coefficient (Wildman–Crippen LogP) is 1.56. The number of pyridine rings is 1. The SMILES string of the molecule is CC(C)N(C)c1cccnc1C(N)=S. The number of hydrogen-bond acceptors (Lipinski definition) is 3. The third-order valence-electron chi connectivity index (χ3n) is 2.17. The highest BCUT2D eigenvalue weighted by atomic mass is 32.1. The number of rotatable bonds is 3. The fourth-order valence-electron chi connectivity index (χ4n) is 1.15. The molecule has 1 heterocycles. The zero-order chi connectivity index (χ0) is 10.7. The Labute approximate surface area is 89.9 Å². The zero-order valence-electron chi connectivity index (χ0n) is 8.69. The summed E-state index contributed by atoms with van der Waals surface area (Å²) >= 11 is 4.94. The zero-order valence-corrected chi connectivity index (χ0v) is 9.51.